The van der Waals surface area contributed by atoms with Crippen LogP contribution in [-0.4, -0.2) is 35.0 Å². The quantitative estimate of drug-likeness (QED) is 0.686. The van der Waals surface area contributed by atoms with Crippen LogP contribution in [0.15, 0.2) is 0 Å². The molecule has 1 aliphatic heterocycles. The summed E-state index contributed by atoms with van der Waals surface area (Å²) in [4.78, 5) is 10.6. The zero-order valence-electron chi connectivity index (χ0n) is 8.11. The molecule has 0 radical (unpaired) electrons. The van der Waals surface area contributed by atoms with Crippen LogP contribution in [0.3, 0.4) is 0 Å². The Morgan fingerprint density at radius 1 is 1.43 bits per heavy atom. The lowest BCUT2D eigenvalue weighted by Crippen LogP contribution is -2.54. The molecule has 0 aromatic carbocycles. The first-order valence-electron chi connectivity index (χ1n) is 5.15. The monoisotopic (exact) mass is 200 g/mol. The maximum absolute atomic E-state index is 10.6. The third-order valence-electron chi connectivity index (χ3n) is 3.47. The van der Waals surface area contributed by atoms with Gasteiger partial charge in [0.2, 0.25) is 0 Å². The summed E-state index contributed by atoms with van der Waals surface area (Å²) in [6.45, 7) is 1.36. The first kappa shape index (κ1) is 9.93. The van der Waals surface area contributed by atoms with Crippen molar-refractivity contribution in [3.8, 4) is 0 Å². The van der Waals surface area contributed by atoms with E-state index in [2.05, 4.69) is 0 Å². The average molecular weight is 200 g/mol. The lowest BCUT2D eigenvalue weighted by atomic mass is 9.63. The molecule has 80 valence electrons. The maximum atomic E-state index is 10.6. The molecule has 1 heterocycles. The number of aliphatic hydroxyl groups is 1. The van der Waals surface area contributed by atoms with Gasteiger partial charge in [-0.15, -0.1) is 0 Å². The van der Waals surface area contributed by atoms with Gasteiger partial charge >= 0.3 is 5.97 Å². The molecule has 2 aliphatic rings. The normalized spacial score (nSPS) is 42.9. The van der Waals surface area contributed by atoms with Crippen LogP contribution in [-0.2, 0) is 9.53 Å². The van der Waals surface area contributed by atoms with E-state index in [1.807, 2.05) is 0 Å². The van der Waals surface area contributed by atoms with E-state index in [0.29, 0.717) is 19.4 Å². The fraction of sp³-hybridized carbons (Fsp3) is 0.900. The molecule has 0 aromatic heterocycles. The highest BCUT2D eigenvalue weighted by Crippen LogP contribution is 2.45. The van der Waals surface area contributed by atoms with E-state index in [1.165, 1.54) is 0 Å². The largest absolute Gasteiger partial charge is 0.481 e. The summed E-state index contributed by atoms with van der Waals surface area (Å²) >= 11 is 0. The Morgan fingerprint density at radius 3 is 2.64 bits per heavy atom. The van der Waals surface area contributed by atoms with Gasteiger partial charge in [0.25, 0.3) is 0 Å². The van der Waals surface area contributed by atoms with Gasteiger partial charge in [-0.3, -0.25) is 4.79 Å². The van der Waals surface area contributed by atoms with Gasteiger partial charge in [-0.25, -0.2) is 0 Å². The molecule has 2 fully saturated rings. The van der Waals surface area contributed by atoms with Crippen LogP contribution in [0.4, 0.5) is 0 Å². The number of carboxylic acid groups (broad SMARTS) is 1. The van der Waals surface area contributed by atoms with Crippen molar-refractivity contribution < 1.29 is 19.7 Å². The van der Waals surface area contributed by atoms with Gasteiger partial charge in [0.15, 0.2) is 0 Å². The summed E-state index contributed by atoms with van der Waals surface area (Å²) < 4.78 is 5.29. The van der Waals surface area contributed by atoms with E-state index in [0.717, 1.165) is 19.4 Å². The van der Waals surface area contributed by atoms with Gasteiger partial charge < -0.3 is 14.9 Å². The first-order chi connectivity index (χ1) is 6.62. The van der Waals surface area contributed by atoms with Crippen molar-refractivity contribution in [1.29, 1.82) is 0 Å². The minimum atomic E-state index is -0.786. The molecule has 0 aromatic rings. The fourth-order valence-corrected chi connectivity index (χ4v) is 2.47. The summed E-state index contributed by atoms with van der Waals surface area (Å²) in [6, 6.07) is 0. The Hall–Kier alpha value is -0.610. The van der Waals surface area contributed by atoms with Crippen molar-refractivity contribution in [2.75, 3.05) is 13.2 Å². The number of carbonyl (C=O) groups is 1. The highest BCUT2D eigenvalue weighted by molar-refractivity contribution is 5.71. The molecule has 1 atom stereocenters. The molecular weight excluding hydrogens is 184 g/mol. The van der Waals surface area contributed by atoms with E-state index in [4.69, 9.17) is 9.84 Å². The topological polar surface area (TPSA) is 66.8 Å². The number of hydrogen-bond acceptors (Lipinski definition) is 3. The molecule has 1 saturated carbocycles. The van der Waals surface area contributed by atoms with Crippen molar-refractivity contribution in [2.24, 2.45) is 11.8 Å². The maximum Gasteiger partial charge on any atom is 0.306 e. The zero-order valence-corrected chi connectivity index (χ0v) is 8.11. The van der Waals surface area contributed by atoms with Crippen molar-refractivity contribution in [2.45, 2.75) is 31.3 Å². The summed E-state index contributed by atoms with van der Waals surface area (Å²) in [7, 11) is 0. The Morgan fingerprint density at radius 2 is 2.14 bits per heavy atom. The minimum Gasteiger partial charge on any atom is -0.481 e. The van der Waals surface area contributed by atoms with E-state index in [-0.39, 0.29) is 11.8 Å². The highest BCUT2D eigenvalue weighted by atomic mass is 16.5. The van der Waals surface area contributed by atoms with Gasteiger partial charge in [-0.1, -0.05) is 0 Å². The Balaban J connectivity index is 1.89. The molecule has 0 bridgehead atoms. The predicted octanol–water partition coefficient (Wildman–Crippen LogP) is 0.639. The Bertz CT molecular complexity index is 226. The number of hydrogen-bond donors (Lipinski definition) is 2. The van der Waals surface area contributed by atoms with Gasteiger partial charge in [0.05, 0.1) is 18.1 Å². The molecular formula is C10H16O4. The molecule has 1 unspecified atom stereocenters. The third kappa shape index (κ3) is 1.64. The van der Waals surface area contributed by atoms with Crippen molar-refractivity contribution in [1.82, 2.24) is 0 Å². The molecule has 0 amide bonds. The second kappa shape index (κ2) is 3.51. The molecule has 0 spiro atoms. The molecule has 2 rings (SSSR count). The van der Waals surface area contributed by atoms with Crippen LogP contribution in [0.1, 0.15) is 25.7 Å². The van der Waals surface area contributed by atoms with Crippen molar-refractivity contribution in [3.05, 3.63) is 0 Å². The number of ether oxygens (including phenoxy) is 1. The van der Waals surface area contributed by atoms with Gasteiger partial charge in [0, 0.05) is 12.5 Å². The second-order valence-corrected chi connectivity index (χ2v) is 4.46. The standard InChI is InChI=1S/C10H16O4/c11-9(12)7-4-10(13,5-7)8-2-1-3-14-6-8/h7-8,13H,1-6H2,(H,11,12). The van der Waals surface area contributed by atoms with E-state index < -0.39 is 11.6 Å². The average Bonchev–Trinajstić information content (AvgIpc) is 2.14. The molecule has 1 aliphatic carbocycles. The zero-order chi connectivity index (χ0) is 10.2. The van der Waals surface area contributed by atoms with Crippen LogP contribution in [0, 0.1) is 11.8 Å². The Labute approximate surface area is 82.9 Å². The smallest absolute Gasteiger partial charge is 0.306 e. The summed E-state index contributed by atoms with van der Waals surface area (Å²) in [6.07, 6.45) is 2.74. The number of carboxylic acids is 1. The molecule has 4 heteroatoms. The van der Waals surface area contributed by atoms with Crippen molar-refractivity contribution in [3.63, 3.8) is 0 Å². The van der Waals surface area contributed by atoms with E-state index >= 15 is 0 Å². The minimum absolute atomic E-state index is 0.145. The van der Waals surface area contributed by atoms with Gasteiger partial charge in [-0.2, -0.15) is 0 Å². The lowest BCUT2D eigenvalue weighted by molar-refractivity contribution is -0.176. The highest BCUT2D eigenvalue weighted by Gasteiger charge is 2.51. The Kier molecular flexibility index (Phi) is 2.49. The van der Waals surface area contributed by atoms with Crippen LogP contribution in [0.25, 0.3) is 0 Å². The summed E-state index contributed by atoms with van der Waals surface area (Å²) in [5.41, 5.74) is -0.760. The molecule has 4 nitrogen and oxygen atoms in total. The number of rotatable bonds is 2. The van der Waals surface area contributed by atoms with Crippen molar-refractivity contribution >= 4 is 5.97 Å². The van der Waals surface area contributed by atoms with E-state index in [1.54, 1.807) is 0 Å². The van der Waals surface area contributed by atoms with Crippen LogP contribution in [0.2, 0.25) is 0 Å². The SMILES string of the molecule is O=C(O)C1CC(O)(C2CCCOC2)C1. The van der Waals surface area contributed by atoms with Crippen LogP contribution < -0.4 is 0 Å². The third-order valence-corrected chi connectivity index (χ3v) is 3.47. The van der Waals surface area contributed by atoms with Crippen LogP contribution in [0.5, 0.6) is 0 Å². The van der Waals surface area contributed by atoms with Gasteiger partial charge in [-0.05, 0) is 25.7 Å². The number of aliphatic carboxylic acids is 1. The van der Waals surface area contributed by atoms with Gasteiger partial charge in [0.1, 0.15) is 0 Å². The fourth-order valence-electron chi connectivity index (χ4n) is 2.47. The summed E-state index contributed by atoms with van der Waals surface area (Å²) in [5, 5.41) is 18.8. The predicted molar refractivity (Wildman–Crippen MR) is 48.9 cm³/mol. The molecule has 2 N–H and O–H groups in total. The second-order valence-electron chi connectivity index (χ2n) is 4.46. The summed E-state index contributed by atoms with van der Waals surface area (Å²) in [5.74, 6) is -0.986. The molecule has 14 heavy (non-hydrogen) atoms. The lowest BCUT2D eigenvalue weighted by Gasteiger charge is -2.47. The van der Waals surface area contributed by atoms with E-state index in [9.17, 15) is 9.90 Å². The van der Waals surface area contributed by atoms with Crippen LogP contribution >= 0.6 is 0 Å². The first-order valence-corrected chi connectivity index (χ1v) is 5.15. The molecule has 1 saturated heterocycles.